The van der Waals surface area contributed by atoms with Crippen LogP contribution in [0.2, 0.25) is 0 Å². The van der Waals surface area contributed by atoms with Gasteiger partial charge < -0.3 is 9.84 Å². The van der Waals surface area contributed by atoms with Gasteiger partial charge in [-0.15, -0.1) is 0 Å². The summed E-state index contributed by atoms with van der Waals surface area (Å²) in [5, 5.41) is 8.78. The first-order valence-electron chi connectivity index (χ1n) is 4.98. The molecule has 0 aliphatic rings. The number of thioether (sulfide) groups is 1. The molecule has 1 atom stereocenters. The van der Waals surface area contributed by atoms with Crippen molar-refractivity contribution in [2.45, 2.75) is 26.2 Å². The van der Waals surface area contributed by atoms with Gasteiger partial charge in [-0.1, -0.05) is 13.3 Å². The van der Waals surface area contributed by atoms with Crippen molar-refractivity contribution in [1.29, 1.82) is 0 Å². The van der Waals surface area contributed by atoms with Crippen LogP contribution in [0.3, 0.4) is 0 Å². The van der Waals surface area contributed by atoms with Gasteiger partial charge in [-0.3, -0.25) is 0 Å². The Morgan fingerprint density at radius 1 is 1.31 bits per heavy atom. The molecule has 1 unspecified atom stereocenters. The minimum atomic E-state index is 0.316. The van der Waals surface area contributed by atoms with E-state index in [-0.39, 0.29) is 0 Å². The Bertz CT molecular complexity index is 98.9. The molecule has 3 heteroatoms. The quantitative estimate of drug-likeness (QED) is 0.586. The van der Waals surface area contributed by atoms with E-state index in [0.29, 0.717) is 12.5 Å². The first-order chi connectivity index (χ1) is 6.31. The fourth-order valence-corrected chi connectivity index (χ4v) is 2.05. The molecule has 0 fully saturated rings. The number of hydrogen-bond acceptors (Lipinski definition) is 3. The van der Waals surface area contributed by atoms with Crippen molar-refractivity contribution in [3.8, 4) is 0 Å². The maximum Gasteiger partial charge on any atom is 0.0464 e. The molecule has 0 amide bonds. The molecular weight excluding hydrogens is 184 g/mol. The van der Waals surface area contributed by atoms with Gasteiger partial charge in [0.2, 0.25) is 0 Å². The average molecular weight is 206 g/mol. The van der Waals surface area contributed by atoms with E-state index in [4.69, 9.17) is 9.84 Å². The zero-order valence-corrected chi connectivity index (χ0v) is 9.61. The molecule has 0 spiro atoms. The molecule has 2 nitrogen and oxygen atoms in total. The van der Waals surface area contributed by atoms with Crippen LogP contribution >= 0.6 is 11.8 Å². The van der Waals surface area contributed by atoms with Gasteiger partial charge in [-0.2, -0.15) is 11.8 Å². The van der Waals surface area contributed by atoms with Gasteiger partial charge in [0.25, 0.3) is 0 Å². The summed E-state index contributed by atoms with van der Waals surface area (Å²) in [6.07, 6.45) is 3.70. The van der Waals surface area contributed by atoms with Crippen molar-refractivity contribution in [3.05, 3.63) is 0 Å². The summed E-state index contributed by atoms with van der Waals surface area (Å²) in [6, 6.07) is 0. The van der Waals surface area contributed by atoms with E-state index >= 15 is 0 Å². The van der Waals surface area contributed by atoms with Crippen molar-refractivity contribution in [3.63, 3.8) is 0 Å². The van der Waals surface area contributed by atoms with Crippen molar-refractivity contribution in [2.24, 2.45) is 5.92 Å². The molecule has 0 saturated carbocycles. The number of hydrogen-bond donors (Lipinski definition) is 1. The minimum Gasteiger partial charge on any atom is -0.396 e. The third kappa shape index (κ3) is 10.2. The summed E-state index contributed by atoms with van der Waals surface area (Å²) >= 11 is 1.94. The van der Waals surface area contributed by atoms with Crippen LogP contribution in [-0.2, 0) is 4.74 Å². The highest BCUT2D eigenvalue weighted by molar-refractivity contribution is 7.99. The smallest absolute Gasteiger partial charge is 0.0464 e. The van der Waals surface area contributed by atoms with Gasteiger partial charge in [0, 0.05) is 20.3 Å². The predicted octanol–water partition coefficient (Wildman–Crippen LogP) is 2.16. The molecule has 1 N–H and O–H groups in total. The predicted molar refractivity (Wildman–Crippen MR) is 59.3 cm³/mol. The van der Waals surface area contributed by atoms with E-state index in [2.05, 4.69) is 6.92 Å². The SMILES string of the molecule is COCCCCCSCC(C)CO. The van der Waals surface area contributed by atoms with Gasteiger partial charge in [-0.25, -0.2) is 0 Å². The Morgan fingerprint density at radius 3 is 2.69 bits per heavy atom. The van der Waals surface area contributed by atoms with Crippen LogP contribution in [0.4, 0.5) is 0 Å². The number of rotatable bonds is 9. The lowest BCUT2D eigenvalue weighted by Gasteiger charge is -2.06. The van der Waals surface area contributed by atoms with E-state index in [9.17, 15) is 0 Å². The van der Waals surface area contributed by atoms with Crippen LogP contribution in [-0.4, -0.2) is 36.9 Å². The summed E-state index contributed by atoms with van der Waals surface area (Å²) in [7, 11) is 1.75. The first kappa shape index (κ1) is 13.3. The van der Waals surface area contributed by atoms with Crippen LogP contribution in [0, 0.1) is 5.92 Å². The summed E-state index contributed by atoms with van der Waals surface area (Å²) in [4.78, 5) is 0. The van der Waals surface area contributed by atoms with E-state index in [1.807, 2.05) is 11.8 Å². The highest BCUT2D eigenvalue weighted by Gasteiger charge is 1.98. The summed E-state index contributed by atoms with van der Waals surface area (Å²) in [5.74, 6) is 2.75. The Labute approximate surface area is 86.1 Å². The van der Waals surface area contributed by atoms with Crippen LogP contribution in [0.15, 0.2) is 0 Å². The van der Waals surface area contributed by atoms with Crippen LogP contribution in [0.5, 0.6) is 0 Å². The first-order valence-corrected chi connectivity index (χ1v) is 6.14. The average Bonchev–Trinajstić information content (AvgIpc) is 2.16. The van der Waals surface area contributed by atoms with E-state index in [0.717, 1.165) is 12.4 Å². The van der Waals surface area contributed by atoms with Crippen LogP contribution < -0.4 is 0 Å². The van der Waals surface area contributed by atoms with Gasteiger partial charge in [0.15, 0.2) is 0 Å². The minimum absolute atomic E-state index is 0.316. The molecule has 0 aromatic carbocycles. The summed E-state index contributed by atoms with van der Waals surface area (Å²) < 4.78 is 4.96. The lowest BCUT2D eigenvalue weighted by Crippen LogP contribution is -2.03. The fraction of sp³-hybridized carbons (Fsp3) is 1.00. The number of methoxy groups -OCH3 is 1. The standard InChI is InChI=1S/C10H22O2S/c1-10(8-11)9-13-7-5-3-4-6-12-2/h10-11H,3-9H2,1-2H3. The second kappa shape index (κ2) is 10.4. The van der Waals surface area contributed by atoms with Gasteiger partial charge in [-0.05, 0) is 30.3 Å². The molecule has 0 rings (SSSR count). The molecule has 0 aliphatic carbocycles. The van der Waals surface area contributed by atoms with Crippen molar-refractivity contribution >= 4 is 11.8 Å². The van der Waals surface area contributed by atoms with E-state index < -0.39 is 0 Å². The van der Waals surface area contributed by atoms with Crippen molar-refractivity contribution in [1.82, 2.24) is 0 Å². The molecule has 13 heavy (non-hydrogen) atoms. The highest BCUT2D eigenvalue weighted by atomic mass is 32.2. The molecule has 0 aliphatic heterocycles. The van der Waals surface area contributed by atoms with Gasteiger partial charge >= 0.3 is 0 Å². The normalized spacial score (nSPS) is 13.2. The molecule has 80 valence electrons. The lowest BCUT2D eigenvalue weighted by atomic mass is 10.2. The van der Waals surface area contributed by atoms with E-state index in [1.54, 1.807) is 7.11 Å². The zero-order chi connectivity index (χ0) is 9.94. The van der Waals surface area contributed by atoms with Gasteiger partial charge in [0.05, 0.1) is 0 Å². The summed E-state index contributed by atoms with van der Waals surface area (Å²) in [5.41, 5.74) is 0. The molecule has 0 bridgehead atoms. The summed E-state index contributed by atoms with van der Waals surface area (Å²) in [6.45, 7) is 3.28. The second-order valence-electron chi connectivity index (χ2n) is 3.42. The highest BCUT2D eigenvalue weighted by Crippen LogP contribution is 2.10. The van der Waals surface area contributed by atoms with Crippen LogP contribution in [0.1, 0.15) is 26.2 Å². The third-order valence-corrected chi connectivity index (χ3v) is 3.23. The molecule has 0 saturated heterocycles. The maximum atomic E-state index is 8.78. The largest absolute Gasteiger partial charge is 0.396 e. The second-order valence-corrected chi connectivity index (χ2v) is 4.57. The molecule has 0 radical (unpaired) electrons. The van der Waals surface area contributed by atoms with Crippen molar-refractivity contribution in [2.75, 3.05) is 31.8 Å². The maximum absolute atomic E-state index is 8.78. The Morgan fingerprint density at radius 2 is 2.08 bits per heavy atom. The monoisotopic (exact) mass is 206 g/mol. The van der Waals surface area contributed by atoms with Crippen molar-refractivity contribution < 1.29 is 9.84 Å². The van der Waals surface area contributed by atoms with E-state index in [1.165, 1.54) is 25.0 Å². The molecule has 0 aromatic rings. The number of aliphatic hydroxyl groups is 1. The molecule has 0 aromatic heterocycles. The number of aliphatic hydroxyl groups excluding tert-OH is 1. The Kier molecular flexibility index (Phi) is 10.6. The van der Waals surface area contributed by atoms with Crippen LogP contribution in [0.25, 0.3) is 0 Å². The fourth-order valence-electron chi connectivity index (χ4n) is 0.965. The zero-order valence-electron chi connectivity index (χ0n) is 8.79. The number of unbranched alkanes of at least 4 members (excludes halogenated alkanes) is 2. The molecular formula is C10H22O2S. The third-order valence-electron chi connectivity index (χ3n) is 1.85. The van der Waals surface area contributed by atoms with Gasteiger partial charge in [0.1, 0.15) is 0 Å². The topological polar surface area (TPSA) is 29.5 Å². The lowest BCUT2D eigenvalue weighted by molar-refractivity contribution is 0.192. The molecule has 0 heterocycles. The Hall–Kier alpha value is 0.270. The number of ether oxygens (including phenoxy) is 1. The Balaban J connectivity index is 2.91.